The van der Waals surface area contributed by atoms with Gasteiger partial charge in [-0.05, 0) is 19.0 Å². The summed E-state index contributed by atoms with van der Waals surface area (Å²) in [6, 6.07) is 0. The molecule has 0 N–H and O–H groups in total. The average molecular weight is 228 g/mol. The molecule has 0 aromatic heterocycles. The molecule has 0 spiro atoms. The monoisotopic (exact) mass is 228 g/mol. The van der Waals surface area contributed by atoms with Gasteiger partial charge >= 0.3 is 0 Å². The maximum Gasteiger partial charge on any atom is -0.0319 e. The van der Waals surface area contributed by atoms with Crippen LogP contribution in [0.3, 0.4) is 0 Å². The van der Waals surface area contributed by atoms with Gasteiger partial charge in [-0.2, -0.15) is 0 Å². The van der Waals surface area contributed by atoms with Gasteiger partial charge < -0.3 is 0 Å². The molecule has 1 atom stereocenters. The molecule has 0 saturated heterocycles. The zero-order chi connectivity index (χ0) is 11.2. The van der Waals surface area contributed by atoms with Crippen LogP contribution in [0.25, 0.3) is 0 Å². The second-order valence-electron chi connectivity index (χ2n) is 4.24. The Morgan fingerprint density at radius 1 is 0.800 bits per heavy atom. The van der Waals surface area contributed by atoms with Gasteiger partial charge in [0.1, 0.15) is 0 Å². The summed E-state index contributed by atoms with van der Waals surface area (Å²) in [4.78, 5) is 0. The van der Waals surface area contributed by atoms with E-state index < -0.39 is 0 Å². The van der Waals surface area contributed by atoms with Crippen molar-refractivity contribution in [3.8, 4) is 0 Å². The molecule has 90 valence electrons. The lowest BCUT2D eigenvalue weighted by Gasteiger charge is -2.00. The number of hydrogen-bond acceptors (Lipinski definition) is 0. The summed E-state index contributed by atoms with van der Waals surface area (Å²) in [7, 11) is 1.07. The summed E-state index contributed by atoms with van der Waals surface area (Å²) in [6.45, 7) is 4.49. The van der Waals surface area contributed by atoms with Crippen LogP contribution in [0.4, 0.5) is 0 Å². The third-order valence-electron chi connectivity index (χ3n) is 2.65. The lowest BCUT2D eigenvalue weighted by Crippen LogP contribution is -1.81. The van der Waals surface area contributed by atoms with Crippen LogP contribution in [0.2, 0.25) is 0 Å². The fraction of sp³-hybridized carbons (Fsp3) is 0.857. The number of unbranched alkanes of at least 4 members (excludes halogenated alkanes) is 7. The zero-order valence-electron chi connectivity index (χ0n) is 10.7. The van der Waals surface area contributed by atoms with Gasteiger partial charge in [-0.3, -0.25) is 0 Å². The molecule has 1 unspecified atom stereocenters. The number of rotatable bonds is 11. The molecular formula is C14H29P. The van der Waals surface area contributed by atoms with Crippen molar-refractivity contribution < 1.29 is 0 Å². The molecule has 0 amide bonds. The van der Waals surface area contributed by atoms with E-state index in [-0.39, 0.29) is 0 Å². The van der Waals surface area contributed by atoms with Crippen LogP contribution < -0.4 is 0 Å². The van der Waals surface area contributed by atoms with Gasteiger partial charge in [0.15, 0.2) is 0 Å². The van der Waals surface area contributed by atoms with Crippen molar-refractivity contribution in [1.82, 2.24) is 0 Å². The van der Waals surface area contributed by atoms with E-state index >= 15 is 0 Å². The van der Waals surface area contributed by atoms with Crippen LogP contribution in [0.1, 0.15) is 71.6 Å². The Hall–Kier alpha value is 0.170. The molecule has 0 fully saturated rings. The van der Waals surface area contributed by atoms with E-state index in [0.29, 0.717) is 0 Å². The van der Waals surface area contributed by atoms with Gasteiger partial charge in [-0.25, -0.2) is 0 Å². The second kappa shape index (κ2) is 14.2. The predicted molar refractivity (Wildman–Crippen MR) is 75.2 cm³/mol. The van der Waals surface area contributed by atoms with Crippen LogP contribution in [0.5, 0.6) is 0 Å². The molecule has 0 aromatic rings. The predicted octanol–water partition coefficient (Wildman–Crippen LogP) is 5.73. The first-order valence-electron chi connectivity index (χ1n) is 6.80. The van der Waals surface area contributed by atoms with Gasteiger partial charge in [0.05, 0.1) is 0 Å². The molecule has 0 saturated carbocycles. The van der Waals surface area contributed by atoms with E-state index in [1.54, 1.807) is 0 Å². The standard InChI is InChI=1S/C14H29P/c1-3-5-7-8-9-10-11-12-14-15-13-6-4-2/h6,13,15H,3-5,7-12,14H2,1-2H3. The topological polar surface area (TPSA) is 0 Å². The van der Waals surface area contributed by atoms with E-state index in [9.17, 15) is 0 Å². The molecule has 0 nitrogen and oxygen atoms in total. The summed E-state index contributed by atoms with van der Waals surface area (Å²) in [5, 5.41) is 0. The van der Waals surface area contributed by atoms with Crippen molar-refractivity contribution in [2.75, 3.05) is 6.16 Å². The summed E-state index contributed by atoms with van der Waals surface area (Å²) in [6.07, 6.45) is 16.5. The van der Waals surface area contributed by atoms with E-state index in [1.165, 1.54) is 63.9 Å². The summed E-state index contributed by atoms with van der Waals surface area (Å²) in [5.74, 6) is 2.36. The van der Waals surface area contributed by atoms with Crippen molar-refractivity contribution >= 4 is 8.58 Å². The number of allylic oxidation sites excluding steroid dienone is 1. The first kappa shape index (κ1) is 15.2. The van der Waals surface area contributed by atoms with Gasteiger partial charge in [0.2, 0.25) is 0 Å². The summed E-state index contributed by atoms with van der Waals surface area (Å²) < 4.78 is 0. The van der Waals surface area contributed by atoms with Crippen molar-refractivity contribution in [3.63, 3.8) is 0 Å². The minimum atomic E-state index is 1.07. The van der Waals surface area contributed by atoms with Gasteiger partial charge in [0, 0.05) is 0 Å². The minimum absolute atomic E-state index is 1.07. The first-order valence-corrected chi connectivity index (χ1v) is 8.08. The third kappa shape index (κ3) is 14.2. The maximum atomic E-state index is 2.36. The van der Waals surface area contributed by atoms with Crippen LogP contribution in [0.15, 0.2) is 11.9 Å². The van der Waals surface area contributed by atoms with Gasteiger partial charge in [-0.15, -0.1) is 0 Å². The SMILES string of the molecule is CCC=CPCCCCCCCCCC. The lowest BCUT2D eigenvalue weighted by atomic mass is 10.1. The highest BCUT2D eigenvalue weighted by molar-refractivity contribution is 7.41. The lowest BCUT2D eigenvalue weighted by molar-refractivity contribution is 0.586. The van der Waals surface area contributed by atoms with Crippen molar-refractivity contribution in [2.24, 2.45) is 0 Å². The molecule has 0 radical (unpaired) electrons. The normalized spacial score (nSPS) is 12.1. The second-order valence-corrected chi connectivity index (χ2v) is 5.48. The van der Waals surface area contributed by atoms with Crippen molar-refractivity contribution in [1.29, 1.82) is 0 Å². The van der Waals surface area contributed by atoms with E-state index in [4.69, 9.17) is 0 Å². The smallest absolute Gasteiger partial charge is 0.0319 e. The molecule has 0 aliphatic heterocycles. The van der Waals surface area contributed by atoms with E-state index in [2.05, 4.69) is 25.7 Å². The Morgan fingerprint density at radius 2 is 1.40 bits per heavy atom. The summed E-state index contributed by atoms with van der Waals surface area (Å²) >= 11 is 0. The van der Waals surface area contributed by atoms with Crippen molar-refractivity contribution in [2.45, 2.75) is 71.6 Å². The largest absolute Gasteiger partial charge is 0.0987 e. The molecule has 0 aliphatic rings. The molecule has 0 bridgehead atoms. The molecular weight excluding hydrogens is 199 g/mol. The highest BCUT2D eigenvalue weighted by atomic mass is 31.1. The Bertz CT molecular complexity index is 129. The fourth-order valence-electron chi connectivity index (χ4n) is 1.65. The van der Waals surface area contributed by atoms with Crippen LogP contribution in [0, 0.1) is 0 Å². The molecule has 0 aromatic carbocycles. The molecule has 15 heavy (non-hydrogen) atoms. The average Bonchev–Trinajstić information content (AvgIpc) is 2.26. The Kier molecular flexibility index (Phi) is 14.3. The summed E-state index contributed by atoms with van der Waals surface area (Å²) in [5.41, 5.74) is 0. The minimum Gasteiger partial charge on any atom is -0.0987 e. The molecule has 1 heteroatoms. The quantitative estimate of drug-likeness (QED) is 0.313. The molecule has 0 rings (SSSR count). The van der Waals surface area contributed by atoms with E-state index in [1.807, 2.05) is 0 Å². The molecule has 0 aliphatic carbocycles. The van der Waals surface area contributed by atoms with Gasteiger partial charge in [-0.1, -0.05) is 79.3 Å². The Balaban J connectivity index is 2.89. The molecule has 0 heterocycles. The zero-order valence-corrected chi connectivity index (χ0v) is 11.7. The van der Waals surface area contributed by atoms with Crippen molar-refractivity contribution in [3.05, 3.63) is 11.9 Å². The van der Waals surface area contributed by atoms with E-state index in [0.717, 1.165) is 8.58 Å². The third-order valence-corrected chi connectivity index (χ3v) is 3.76. The Labute approximate surface area is 98.7 Å². The van der Waals surface area contributed by atoms with Crippen LogP contribution >= 0.6 is 8.58 Å². The van der Waals surface area contributed by atoms with Crippen LogP contribution in [-0.4, -0.2) is 6.16 Å². The highest BCUT2D eigenvalue weighted by Crippen LogP contribution is 2.16. The first-order chi connectivity index (χ1) is 7.41. The Morgan fingerprint density at radius 3 is 2.00 bits per heavy atom. The van der Waals surface area contributed by atoms with Crippen LogP contribution in [-0.2, 0) is 0 Å². The van der Waals surface area contributed by atoms with Gasteiger partial charge in [0.25, 0.3) is 0 Å². The maximum absolute atomic E-state index is 2.36. The fourth-order valence-corrected chi connectivity index (χ4v) is 2.67. The number of hydrogen-bond donors (Lipinski definition) is 0. The highest BCUT2D eigenvalue weighted by Gasteiger charge is 1.90.